The maximum atomic E-state index is 12.4. The van der Waals surface area contributed by atoms with E-state index in [0.717, 1.165) is 28.4 Å². The van der Waals surface area contributed by atoms with E-state index in [1.807, 2.05) is 44.7 Å². The number of benzene rings is 2. The molecular formula is C22H29NO2S. The molecule has 0 saturated heterocycles. The van der Waals surface area contributed by atoms with E-state index >= 15 is 0 Å². The highest BCUT2D eigenvalue weighted by Crippen LogP contribution is 2.21. The predicted molar refractivity (Wildman–Crippen MR) is 111 cm³/mol. The Bertz CT molecular complexity index is 730. The maximum Gasteiger partial charge on any atom is 0.261 e. The van der Waals surface area contributed by atoms with Crippen molar-refractivity contribution < 1.29 is 9.53 Å². The number of hydrogen-bond donors (Lipinski definition) is 1. The molecule has 0 bridgehead atoms. The lowest BCUT2D eigenvalue weighted by Crippen LogP contribution is -2.39. The molecule has 0 spiro atoms. The highest BCUT2D eigenvalue weighted by atomic mass is 32.2. The van der Waals surface area contributed by atoms with Gasteiger partial charge in [0, 0.05) is 18.1 Å². The van der Waals surface area contributed by atoms with E-state index in [2.05, 4.69) is 42.6 Å². The molecule has 0 fully saturated rings. The zero-order valence-corrected chi connectivity index (χ0v) is 17.0. The summed E-state index contributed by atoms with van der Waals surface area (Å²) in [7, 11) is 0. The van der Waals surface area contributed by atoms with Crippen LogP contribution in [-0.2, 0) is 10.5 Å². The van der Waals surface area contributed by atoms with Crippen LogP contribution in [0, 0.1) is 20.8 Å². The third-order valence-corrected chi connectivity index (χ3v) is 5.35. The van der Waals surface area contributed by atoms with Crippen molar-refractivity contribution in [2.75, 3.05) is 12.3 Å². The highest BCUT2D eigenvalue weighted by molar-refractivity contribution is 7.98. The van der Waals surface area contributed by atoms with Crippen LogP contribution in [0.15, 0.2) is 42.5 Å². The molecule has 0 saturated carbocycles. The smallest absolute Gasteiger partial charge is 0.261 e. The molecule has 1 N–H and O–H groups in total. The number of thioether (sulfide) groups is 1. The van der Waals surface area contributed by atoms with E-state index in [0.29, 0.717) is 13.0 Å². The van der Waals surface area contributed by atoms with Gasteiger partial charge in [0.2, 0.25) is 0 Å². The van der Waals surface area contributed by atoms with E-state index in [4.69, 9.17) is 4.74 Å². The summed E-state index contributed by atoms with van der Waals surface area (Å²) in [5, 5.41) is 3.00. The summed E-state index contributed by atoms with van der Waals surface area (Å²) >= 11 is 1.83. The van der Waals surface area contributed by atoms with Gasteiger partial charge < -0.3 is 10.1 Å². The van der Waals surface area contributed by atoms with E-state index in [1.54, 1.807) is 0 Å². The largest absolute Gasteiger partial charge is 0.480 e. The van der Waals surface area contributed by atoms with Gasteiger partial charge in [-0.25, -0.2) is 0 Å². The molecule has 0 unspecified atom stereocenters. The Balaban J connectivity index is 1.76. The molecule has 0 aliphatic heterocycles. The summed E-state index contributed by atoms with van der Waals surface area (Å²) < 4.78 is 5.96. The Morgan fingerprint density at radius 2 is 1.88 bits per heavy atom. The SMILES string of the molecule is CC[C@@H](Oc1cc(C)ccc1C)C(=O)NCCSCc1ccccc1C. The number of aryl methyl sites for hydroxylation is 3. The summed E-state index contributed by atoms with van der Waals surface area (Å²) in [6, 6.07) is 14.5. The monoisotopic (exact) mass is 371 g/mol. The molecule has 0 aliphatic carbocycles. The summed E-state index contributed by atoms with van der Waals surface area (Å²) in [6.45, 7) is 8.79. The third-order valence-electron chi connectivity index (χ3n) is 4.34. The van der Waals surface area contributed by atoms with Gasteiger partial charge in [0.05, 0.1) is 0 Å². The number of rotatable bonds is 9. The lowest BCUT2D eigenvalue weighted by atomic mass is 10.1. The molecule has 1 atom stereocenters. The van der Waals surface area contributed by atoms with Crippen LogP contribution < -0.4 is 10.1 Å². The number of ether oxygens (including phenoxy) is 1. The first-order valence-corrected chi connectivity index (χ1v) is 10.3. The van der Waals surface area contributed by atoms with E-state index < -0.39 is 6.10 Å². The van der Waals surface area contributed by atoms with Crippen molar-refractivity contribution >= 4 is 17.7 Å². The van der Waals surface area contributed by atoms with Gasteiger partial charge in [-0.05, 0) is 55.5 Å². The van der Waals surface area contributed by atoms with Crippen molar-refractivity contribution in [3.05, 3.63) is 64.7 Å². The minimum atomic E-state index is -0.447. The molecule has 4 heteroatoms. The number of hydrogen-bond acceptors (Lipinski definition) is 3. The van der Waals surface area contributed by atoms with Crippen LogP contribution in [0.4, 0.5) is 0 Å². The molecule has 0 heterocycles. The summed E-state index contributed by atoms with van der Waals surface area (Å²) in [4.78, 5) is 12.4. The standard InChI is InChI=1S/C22H29NO2S/c1-5-20(25-21-14-16(2)10-11-18(21)4)22(24)23-12-13-26-15-19-9-7-6-8-17(19)3/h6-11,14,20H,5,12-13,15H2,1-4H3,(H,23,24)/t20-/m1/s1. The lowest BCUT2D eigenvalue weighted by molar-refractivity contribution is -0.128. The zero-order chi connectivity index (χ0) is 18.9. The topological polar surface area (TPSA) is 38.3 Å². The number of carbonyl (C=O) groups is 1. The average molecular weight is 372 g/mol. The number of amides is 1. The quantitative estimate of drug-likeness (QED) is 0.642. The van der Waals surface area contributed by atoms with Crippen molar-refractivity contribution in [3.8, 4) is 5.75 Å². The first-order chi connectivity index (χ1) is 12.5. The summed E-state index contributed by atoms with van der Waals surface area (Å²) in [5.74, 6) is 2.62. The van der Waals surface area contributed by atoms with Crippen LogP contribution in [-0.4, -0.2) is 24.3 Å². The van der Waals surface area contributed by atoms with Crippen molar-refractivity contribution in [3.63, 3.8) is 0 Å². The Hall–Kier alpha value is -1.94. The molecule has 2 rings (SSSR count). The molecule has 0 aliphatic rings. The molecule has 140 valence electrons. The molecule has 2 aromatic rings. The van der Waals surface area contributed by atoms with Gasteiger partial charge in [-0.1, -0.05) is 43.3 Å². The lowest BCUT2D eigenvalue weighted by Gasteiger charge is -2.19. The van der Waals surface area contributed by atoms with Crippen molar-refractivity contribution in [1.82, 2.24) is 5.32 Å². The first-order valence-electron chi connectivity index (χ1n) is 9.15. The minimum absolute atomic E-state index is 0.0371. The van der Waals surface area contributed by atoms with E-state index in [1.165, 1.54) is 11.1 Å². The van der Waals surface area contributed by atoms with Crippen LogP contribution in [0.2, 0.25) is 0 Å². The van der Waals surface area contributed by atoms with Gasteiger partial charge >= 0.3 is 0 Å². The highest BCUT2D eigenvalue weighted by Gasteiger charge is 2.18. The second-order valence-corrected chi connectivity index (χ2v) is 7.66. The van der Waals surface area contributed by atoms with Crippen molar-refractivity contribution in [1.29, 1.82) is 0 Å². The molecule has 2 aromatic carbocycles. The molecule has 3 nitrogen and oxygen atoms in total. The van der Waals surface area contributed by atoms with E-state index in [-0.39, 0.29) is 5.91 Å². The van der Waals surface area contributed by atoms with Crippen molar-refractivity contribution in [2.45, 2.75) is 46.0 Å². The van der Waals surface area contributed by atoms with Gasteiger partial charge in [-0.15, -0.1) is 0 Å². The Morgan fingerprint density at radius 1 is 1.12 bits per heavy atom. The predicted octanol–water partition coefficient (Wildman–Crippen LogP) is 4.82. The van der Waals surface area contributed by atoms with Gasteiger partial charge in [0.15, 0.2) is 6.10 Å². The van der Waals surface area contributed by atoms with Gasteiger partial charge in [0.25, 0.3) is 5.91 Å². The molecule has 0 aromatic heterocycles. The molecular weight excluding hydrogens is 342 g/mol. The van der Waals surface area contributed by atoms with Gasteiger partial charge in [0.1, 0.15) is 5.75 Å². The Morgan fingerprint density at radius 3 is 2.62 bits per heavy atom. The Labute approximate surface area is 161 Å². The summed E-state index contributed by atoms with van der Waals surface area (Å²) in [5.41, 5.74) is 4.86. The fourth-order valence-corrected chi connectivity index (χ4v) is 3.56. The normalized spacial score (nSPS) is 11.8. The second-order valence-electron chi connectivity index (χ2n) is 6.55. The molecule has 1 amide bonds. The molecule has 26 heavy (non-hydrogen) atoms. The average Bonchev–Trinajstić information content (AvgIpc) is 2.63. The first kappa shape index (κ1) is 20.4. The van der Waals surface area contributed by atoms with Gasteiger partial charge in [-0.2, -0.15) is 11.8 Å². The molecule has 0 radical (unpaired) electrons. The third kappa shape index (κ3) is 6.10. The van der Waals surface area contributed by atoms with Gasteiger partial charge in [-0.3, -0.25) is 4.79 Å². The zero-order valence-electron chi connectivity index (χ0n) is 16.2. The van der Waals surface area contributed by atoms with Crippen LogP contribution in [0.25, 0.3) is 0 Å². The number of carbonyl (C=O) groups excluding carboxylic acids is 1. The second kappa shape index (κ2) is 10.3. The van der Waals surface area contributed by atoms with Crippen LogP contribution in [0.3, 0.4) is 0 Å². The van der Waals surface area contributed by atoms with Crippen LogP contribution in [0.5, 0.6) is 5.75 Å². The van der Waals surface area contributed by atoms with Crippen LogP contribution in [0.1, 0.15) is 35.6 Å². The fourth-order valence-electron chi connectivity index (χ4n) is 2.62. The number of nitrogens with one attached hydrogen (secondary N) is 1. The maximum absolute atomic E-state index is 12.4. The van der Waals surface area contributed by atoms with E-state index in [9.17, 15) is 4.79 Å². The fraction of sp³-hybridized carbons (Fsp3) is 0.409. The summed E-state index contributed by atoms with van der Waals surface area (Å²) in [6.07, 6.45) is 0.201. The Kier molecular flexibility index (Phi) is 8.05. The van der Waals surface area contributed by atoms with Crippen molar-refractivity contribution in [2.24, 2.45) is 0 Å². The van der Waals surface area contributed by atoms with Crippen LogP contribution >= 0.6 is 11.8 Å². The minimum Gasteiger partial charge on any atom is -0.480 e.